The molecule has 1 atom stereocenters. The molecule has 0 aliphatic heterocycles. The molecule has 1 unspecified atom stereocenters. The SMILES string of the molecule is CC(=CC(C)CCCBr)C[O]. The molecule has 0 fully saturated rings. The molecule has 0 saturated carbocycles. The fraction of sp³-hybridized carbons (Fsp3) is 0.778. The van der Waals surface area contributed by atoms with Crippen molar-refractivity contribution >= 4 is 15.9 Å². The lowest BCUT2D eigenvalue weighted by Crippen LogP contribution is -1.93. The summed E-state index contributed by atoms with van der Waals surface area (Å²) >= 11 is 3.38. The monoisotopic (exact) mass is 219 g/mol. The molecular formula is C9H16BrO. The van der Waals surface area contributed by atoms with Gasteiger partial charge in [-0.15, -0.1) is 0 Å². The van der Waals surface area contributed by atoms with Gasteiger partial charge in [0.1, 0.15) is 6.61 Å². The molecule has 0 spiro atoms. The van der Waals surface area contributed by atoms with Crippen molar-refractivity contribution in [1.29, 1.82) is 0 Å². The topological polar surface area (TPSA) is 19.9 Å². The maximum atomic E-state index is 10.4. The van der Waals surface area contributed by atoms with E-state index in [4.69, 9.17) is 0 Å². The van der Waals surface area contributed by atoms with Gasteiger partial charge in [0, 0.05) is 5.33 Å². The van der Waals surface area contributed by atoms with E-state index in [0.717, 1.165) is 10.9 Å². The molecule has 0 aliphatic carbocycles. The summed E-state index contributed by atoms with van der Waals surface area (Å²) in [5.41, 5.74) is 0.965. The molecule has 0 heterocycles. The number of rotatable bonds is 5. The van der Waals surface area contributed by atoms with E-state index in [2.05, 4.69) is 28.9 Å². The van der Waals surface area contributed by atoms with Crippen LogP contribution in [0.1, 0.15) is 26.7 Å². The second kappa shape index (κ2) is 6.86. The first-order chi connectivity index (χ1) is 5.20. The third-order valence-electron chi connectivity index (χ3n) is 1.59. The average molecular weight is 220 g/mol. The first-order valence-electron chi connectivity index (χ1n) is 4.02. The standard InChI is InChI=1S/C9H16BrO/c1-8(4-3-5-10)6-9(2)7-11/h6,8H,3-5,7H2,1-2H3. The van der Waals surface area contributed by atoms with Crippen molar-refractivity contribution in [2.75, 3.05) is 11.9 Å². The third-order valence-corrected chi connectivity index (χ3v) is 2.15. The lowest BCUT2D eigenvalue weighted by molar-refractivity contribution is 0.222. The first kappa shape index (κ1) is 11.2. The second-order valence-electron chi connectivity index (χ2n) is 2.97. The van der Waals surface area contributed by atoms with Crippen LogP contribution in [0.4, 0.5) is 0 Å². The van der Waals surface area contributed by atoms with E-state index < -0.39 is 0 Å². The van der Waals surface area contributed by atoms with Crippen molar-refractivity contribution in [2.45, 2.75) is 26.7 Å². The number of hydrogen-bond acceptors (Lipinski definition) is 0. The average Bonchev–Trinajstić information content (AvgIpc) is 2.00. The minimum atomic E-state index is -0.0569. The molecule has 0 bridgehead atoms. The Hall–Kier alpha value is 0.180. The van der Waals surface area contributed by atoms with Crippen molar-refractivity contribution in [3.63, 3.8) is 0 Å². The Labute approximate surface area is 77.6 Å². The van der Waals surface area contributed by atoms with Crippen LogP contribution in [0, 0.1) is 5.92 Å². The molecule has 1 radical (unpaired) electrons. The van der Waals surface area contributed by atoms with Gasteiger partial charge in [0.15, 0.2) is 0 Å². The fourth-order valence-corrected chi connectivity index (χ4v) is 1.34. The summed E-state index contributed by atoms with van der Waals surface area (Å²) < 4.78 is 0. The number of alkyl halides is 1. The zero-order valence-corrected chi connectivity index (χ0v) is 8.86. The summed E-state index contributed by atoms with van der Waals surface area (Å²) in [7, 11) is 0. The number of halogens is 1. The van der Waals surface area contributed by atoms with E-state index in [-0.39, 0.29) is 6.61 Å². The first-order valence-corrected chi connectivity index (χ1v) is 5.14. The van der Waals surface area contributed by atoms with E-state index in [1.54, 1.807) is 0 Å². The minimum Gasteiger partial charge on any atom is -0.232 e. The van der Waals surface area contributed by atoms with Crippen LogP contribution in [0.5, 0.6) is 0 Å². The second-order valence-corrected chi connectivity index (χ2v) is 3.76. The number of allylic oxidation sites excluding steroid dienone is 1. The van der Waals surface area contributed by atoms with Crippen molar-refractivity contribution in [1.82, 2.24) is 0 Å². The van der Waals surface area contributed by atoms with Crippen LogP contribution in [-0.4, -0.2) is 11.9 Å². The Kier molecular flexibility index (Phi) is 6.98. The van der Waals surface area contributed by atoms with Crippen molar-refractivity contribution in [3.8, 4) is 0 Å². The van der Waals surface area contributed by atoms with Crippen LogP contribution in [0.15, 0.2) is 11.6 Å². The minimum absolute atomic E-state index is 0.0569. The molecule has 65 valence electrons. The largest absolute Gasteiger partial charge is 0.232 e. The lowest BCUT2D eigenvalue weighted by Gasteiger charge is -2.04. The molecule has 0 saturated heterocycles. The van der Waals surface area contributed by atoms with Gasteiger partial charge < -0.3 is 0 Å². The van der Waals surface area contributed by atoms with Crippen molar-refractivity contribution in [2.24, 2.45) is 5.92 Å². The maximum Gasteiger partial charge on any atom is 0.103 e. The van der Waals surface area contributed by atoms with Gasteiger partial charge in [0.05, 0.1) is 0 Å². The normalized spacial score (nSPS) is 15.1. The molecule has 0 aromatic rings. The van der Waals surface area contributed by atoms with Crippen LogP contribution in [-0.2, 0) is 5.11 Å². The molecule has 0 N–H and O–H groups in total. The van der Waals surface area contributed by atoms with E-state index >= 15 is 0 Å². The van der Waals surface area contributed by atoms with Gasteiger partial charge in [-0.1, -0.05) is 28.9 Å². The van der Waals surface area contributed by atoms with Gasteiger partial charge in [-0.2, -0.15) is 0 Å². The Bertz CT molecular complexity index is 121. The van der Waals surface area contributed by atoms with Gasteiger partial charge in [0.25, 0.3) is 0 Å². The highest BCUT2D eigenvalue weighted by atomic mass is 79.9. The van der Waals surface area contributed by atoms with Crippen LogP contribution in [0.2, 0.25) is 0 Å². The number of hydrogen-bond donors (Lipinski definition) is 0. The summed E-state index contributed by atoms with van der Waals surface area (Å²) in [6.45, 7) is 4.00. The van der Waals surface area contributed by atoms with E-state index in [1.807, 2.05) is 6.92 Å². The van der Waals surface area contributed by atoms with Crippen molar-refractivity contribution in [3.05, 3.63) is 11.6 Å². The van der Waals surface area contributed by atoms with Gasteiger partial charge in [-0.3, -0.25) is 0 Å². The smallest absolute Gasteiger partial charge is 0.103 e. The Morgan fingerprint density at radius 2 is 2.27 bits per heavy atom. The van der Waals surface area contributed by atoms with E-state index in [9.17, 15) is 5.11 Å². The maximum absolute atomic E-state index is 10.4. The molecule has 0 rings (SSSR count). The van der Waals surface area contributed by atoms with Gasteiger partial charge >= 0.3 is 0 Å². The zero-order valence-electron chi connectivity index (χ0n) is 7.27. The summed E-state index contributed by atoms with van der Waals surface area (Å²) in [5.74, 6) is 0.557. The molecular weight excluding hydrogens is 204 g/mol. The molecule has 2 heteroatoms. The highest BCUT2D eigenvalue weighted by Crippen LogP contribution is 2.10. The third kappa shape index (κ3) is 6.57. The van der Waals surface area contributed by atoms with Gasteiger partial charge in [0.2, 0.25) is 0 Å². The molecule has 0 aromatic heterocycles. The lowest BCUT2D eigenvalue weighted by atomic mass is 10.0. The molecule has 0 aromatic carbocycles. The summed E-state index contributed by atoms with van der Waals surface area (Å²) in [4.78, 5) is 0. The van der Waals surface area contributed by atoms with Gasteiger partial charge in [-0.05, 0) is 31.3 Å². The van der Waals surface area contributed by atoms with E-state index in [1.165, 1.54) is 12.8 Å². The van der Waals surface area contributed by atoms with E-state index in [0.29, 0.717) is 5.92 Å². The summed E-state index contributed by atoms with van der Waals surface area (Å²) in [6, 6.07) is 0. The van der Waals surface area contributed by atoms with Crippen LogP contribution >= 0.6 is 15.9 Å². The summed E-state index contributed by atoms with van der Waals surface area (Å²) in [5, 5.41) is 11.4. The molecule has 0 amide bonds. The van der Waals surface area contributed by atoms with Crippen LogP contribution in [0.3, 0.4) is 0 Å². The Morgan fingerprint density at radius 3 is 2.73 bits per heavy atom. The van der Waals surface area contributed by atoms with Crippen molar-refractivity contribution < 1.29 is 5.11 Å². The quantitative estimate of drug-likeness (QED) is 0.501. The zero-order chi connectivity index (χ0) is 8.69. The Morgan fingerprint density at radius 1 is 1.64 bits per heavy atom. The predicted molar refractivity (Wildman–Crippen MR) is 51.5 cm³/mol. The van der Waals surface area contributed by atoms with Gasteiger partial charge in [-0.25, -0.2) is 5.11 Å². The fourth-order valence-electron chi connectivity index (χ4n) is 1.02. The van der Waals surface area contributed by atoms with Crippen LogP contribution in [0.25, 0.3) is 0 Å². The Balaban J connectivity index is 3.57. The molecule has 11 heavy (non-hydrogen) atoms. The predicted octanol–water partition coefficient (Wildman–Crippen LogP) is 3.17. The van der Waals surface area contributed by atoms with Crippen LogP contribution < -0.4 is 0 Å². The molecule has 0 aliphatic rings. The highest BCUT2D eigenvalue weighted by molar-refractivity contribution is 9.09. The summed E-state index contributed by atoms with van der Waals surface area (Å²) in [6.07, 6.45) is 4.43. The molecule has 1 nitrogen and oxygen atoms in total. The highest BCUT2D eigenvalue weighted by Gasteiger charge is 1.97.